The molecule has 2 rings (SSSR count). The van der Waals surface area contributed by atoms with Crippen LogP contribution in [0.3, 0.4) is 0 Å². The fourth-order valence-electron chi connectivity index (χ4n) is 1.80. The predicted molar refractivity (Wildman–Crippen MR) is 79.8 cm³/mol. The first-order valence-electron chi connectivity index (χ1n) is 6.44. The number of sulfonamides is 1. The lowest BCUT2D eigenvalue weighted by atomic mass is 10.2. The first kappa shape index (κ1) is 17.2. The molecule has 0 aliphatic carbocycles. The van der Waals surface area contributed by atoms with Crippen LogP contribution < -0.4 is 5.32 Å². The van der Waals surface area contributed by atoms with Gasteiger partial charge in [0.1, 0.15) is 4.90 Å². The van der Waals surface area contributed by atoms with Gasteiger partial charge in [-0.25, -0.2) is 17.7 Å². The molecule has 0 aliphatic rings. The lowest BCUT2D eigenvalue weighted by Gasteiger charge is -2.16. The van der Waals surface area contributed by atoms with Crippen LogP contribution >= 0.6 is 0 Å². The summed E-state index contributed by atoms with van der Waals surface area (Å²) in [6.07, 6.45) is -3.13. The third-order valence-corrected chi connectivity index (χ3v) is 4.83. The quantitative estimate of drug-likeness (QED) is 0.925. The zero-order valence-corrected chi connectivity index (χ0v) is 13.1. The Morgan fingerprint density at radius 2 is 1.83 bits per heavy atom. The predicted octanol–water partition coefficient (Wildman–Crippen LogP) is 3.09. The summed E-state index contributed by atoms with van der Waals surface area (Å²) < 4.78 is 63.7. The summed E-state index contributed by atoms with van der Waals surface area (Å²) in [5.74, 6) is -0.0412. The van der Waals surface area contributed by atoms with E-state index in [0.717, 1.165) is 16.4 Å². The summed E-state index contributed by atoms with van der Waals surface area (Å²) >= 11 is 0. The van der Waals surface area contributed by atoms with Crippen molar-refractivity contribution in [2.45, 2.75) is 11.1 Å². The third kappa shape index (κ3) is 3.80. The van der Waals surface area contributed by atoms with E-state index in [2.05, 4.69) is 10.3 Å². The van der Waals surface area contributed by atoms with Gasteiger partial charge < -0.3 is 5.32 Å². The van der Waals surface area contributed by atoms with Crippen molar-refractivity contribution in [2.75, 3.05) is 19.4 Å². The number of halogens is 3. The molecule has 0 atom stereocenters. The second-order valence-electron chi connectivity index (χ2n) is 4.84. The number of hydrogen-bond acceptors (Lipinski definition) is 4. The highest BCUT2D eigenvalue weighted by molar-refractivity contribution is 7.89. The highest BCUT2D eigenvalue weighted by Crippen LogP contribution is 2.32. The van der Waals surface area contributed by atoms with Crippen molar-refractivity contribution < 1.29 is 21.6 Å². The van der Waals surface area contributed by atoms with Crippen LogP contribution in [-0.4, -0.2) is 31.8 Å². The monoisotopic (exact) mass is 345 g/mol. The maximum Gasteiger partial charge on any atom is 0.416 e. The Labute approximate surface area is 131 Å². The zero-order valence-electron chi connectivity index (χ0n) is 12.3. The summed E-state index contributed by atoms with van der Waals surface area (Å²) in [5, 5.41) is 2.63. The SMILES string of the molecule is CN(C)S(=O)(=O)c1cccnc1Nc1cccc(C(F)(F)F)c1. The van der Waals surface area contributed by atoms with Gasteiger partial charge in [-0.1, -0.05) is 6.07 Å². The summed E-state index contributed by atoms with van der Waals surface area (Å²) in [7, 11) is -1.07. The van der Waals surface area contributed by atoms with Gasteiger partial charge in [-0.05, 0) is 30.3 Å². The first-order chi connectivity index (χ1) is 10.6. The van der Waals surface area contributed by atoms with Crippen molar-refractivity contribution in [1.29, 1.82) is 0 Å². The second-order valence-corrected chi connectivity index (χ2v) is 6.96. The standard InChI is InChI=1S/C14H14F3N3O2S/c1-20(2)23(21,22)12-7-4-8-18-13(12)19-11-6-3-5-10(9-11)14(15,16)17/h3-9H,1-2H3,(H,18,19). The minimum atomic E-state index is -4.49. The molecule has 0 amide bonds. The van der Waals surface area contributed by atoms with E-state index in [1.165, 1.54) is 44.6 Å². The number of aromatic nitrogens is 1. The van der Waals surface area contributed by atoms with Gasteiger partial charge in [-0.2, -0.15) is 13.2 Å². The Morgan fingerprint density at radius 3 is 2.43 bits per heavy atom. The molecule has 1 aromatic heterocycles. The van der Waals surface area contributed by atoms with Crippen molar-refractivity contribution in [3.05, 3.63) is 48.2 Å². The van der Waals surface area contributed by atoms with E-state index in [-0.39, 0.29) is 16.4 Å². The van der Waals surface area contributed by atoms with Crippen LogP contribution in [0.4, 0.5) is 24.7 Å². The number of pyridine rings is 1. The molecular weight excluding hydrogens is 331 g/mol. The molecule has 1 heterocycles. The summed E-state index contributed by atoms with van der Waals surface area (Å²) in [6, 6.07) is 7.22. The number of nitrogens with one attached hydrogen (secondary N) is 1. The summed E-state index contributed by atoms with van der Waals surface area (Å²) in [6.45, 7) is 0. The zero-order chi connectivity index (χ0) is 17.3. The van der Waals surface area contributed by atoms with Crippen molar-refractivity contribution in [3.8, 4) is 0 Å². The van der Waals surface area contributed by atoms with Crippen LogP contribution in [-0.2, 0) is 16.2 Å². The van der Waals surface area contributed by atoms with E-state index in [1.807, 2.05) is 0 Å². The van der Waals surface area contributed by atoms with Crippen LogP contribution in [0.1, 0.15) is 5.56 Å². The maximum absolute atomic E-state index is 12.7. The third-order valence-electron chi connectivity index (χ3n) is 2.98. The topological polar surface area (TPSA) is 62.3 Å². The van der Waals surface area contributed by atoms with Crippen molar-refractivity contribution in [3.63, 3.8) is 0 Å². The first-order valence-corrected chi connectivity index (χ1v) is 7.88. The van der Waals surface area contributed by atoms with Crippen molar-refractivity contribution in [1.82, 2.24) is 9.29 Å². The molecule has 5 nitrogen and oxygen atoms in total. The average Bonchev–Trinajstić information content (AvgIpc) is 2.47. The number of hydrogen-bond donors (Lipinski definition) is 1. The minimum Gasteiger partial charge on any atom is -0.339 e. The van der Waals surface area contributed by atoms with E-state index in [0.29, 0.717) is 0 Å². The molecule has 0 fully saturated rings. The molecule has 0 bridgehead atoms. The molecule has 9 heteroatoms. The molecule has 0 saturated heterocycles. The van der Waals surface area contributed by atoms with Crippen molar-refractivity contribution >= 4 is 21.5 Å². The van der Waals surface area contributed by atoms with Gasteiger partial charge in [-0.3, -0.25) is 0 Å². The van der Waals surface area contributed by atoms with Gasteiger partial charge in [-0.15, -0.1) is 0 Å². The molecule has 0 saturated carbocycles. The minimum absolute atomic E-state index is 0.0412. The molecule has 0 unspecified atom stereocenters. The Hall–Kier alpha value is -2.13. The molecule has 124 valence electrons. The van der Waals surface area contributed by atoms with Gasteiger partial charge in [0.15, 0.2) is 5.82 Å². The van der Waals surface area contributed by atoms with Gasteiger partial charge in [0, 0.05) is 26.0 Å². The molecule has 1 N–H and O–H groups in total. The van der Waals surface area contributed by atoms with Crippen LogP contribution in [0.5, 0.6) is 0 Å². The Kier molecular flexibility index (Phi) is 4.62. The van der Waals surface area contributed by atoms with E-state index in [4.69, 9.17) is 0 Å². The highest BCUT2D eigenvalue weighted by atomic mass is 32.2. The number of rotatable bonds is 4. The van der Waals surface area contributed by atoms with Crippen LogP contribution in [0.2, 0.25) is 0 Å². The fraction of sp³-hybridized carbons (Fsp3) is 0.214. The fourth-order valence-corrected chi connectivity index (χ4v) is 2.79. The van der Waals surface area contributed by atoms with Gasteiger partial charge in [0.05, 0.1) is 5.56 Å². The van der Waals surface area contributed by atoms with Crippen LogP contribution in [0, 0.1) is 0 Å². The van der Waals surface area contributed by atoms with E-state index >= 15 is 0 Å². The van der Waals surface area contributed by atoms with Gasteiger partial charge >= 0.3 is 6.18 Å². The Balaban J connectivity index is 2.43. The van der Waals surface area contributed by atoms with Crippen molar-refractivity contribution in [2.24, 2.45) is 0 Å². The Bertz CT molecular complexity index is 805. The number of nitrogens with zero attached hydrogens (tertiary/aromatic N) is 2. The lowest BCUT2D eigenvalue weighted by Crippen LogP contribution is -2.23. The van der Waals surface area contributed by atoms with E-state index in [9.17, 15) is 21.6 Å². The average molecular weight is 345 g/mol. The van der Waals surface area contributed by atoms with Gasteiger partial charge in [0.2, 0.25) is 10.0 Å². The van der Waals surface area contributed by atoms with Crippen LogP contribution in [0.25, 0.3) is 0 Å². The number of anilines is 2. The lowest BCUT2D eigenvalue weighted by molar-refractivity contribution is -0.137. The highest BCUT2D eigenvalue weighted by Gasteiger charge is 2.30. The molecule has 0 radical (unpaired) electrons. The van der Waals surface area contributed by atoms with Crippen LogP contribution in [0.15, 0.2) is 47.5 Å². The van der Waals surface area contributed by atoms with E-state index < -0.39 is 21.8 Å². The number of benzene rings is 1. The molecule has 2 aromatic rings. The number of alkyl halides is 3. The smallest absolute Gasteiger partial charge is 0.339 e. The largest absolute Gasteiger partial charge is 0.416 e. The molecule has 0 aliphatic heterocycles. The molecule has 1 aromatic carbocycles. The van der Waals surface area contributed by atoms with Gasteiger partial charge in [0.25, 0.3) is 0 Å². The molecular formula is C14H14F3N3O2S. The maximum atomic E-state index is 12.7. The molecule has 0 spiro atoms. The molecule has 23 heavy (non-hydrogen) atoms. The summed E-state index contributed by atoms with van der Waals surface area (Å²) in [5.41, 5.74) is -0.746. The normalized spacial score (nSPS) is 12.4. The van der Waals surface area contributed by atoms with E-state index in [1.54, 1.807) is 0 Å². The summed E-state index contributed by atoms with van der Waals surface area (Å²) in [4.78, 5) is 3.79. The second kappa shape index (κ2) is 6.17. The Morgan fingerprint density at radius 1 is 1.13 bits per heavy atom.